The summed E-state index contributed by atoms with van der Waals surface area (Å²) in [7, 11) is 0. The van der Waals surface area contributed by atoms with Crippen molar-refractivity contribution in [2.24, 2.45) is 5.73 Å². The molecule has 2 rings (SSSR count). The van der Waals surface area contributed by atoms with E-state index in [1.54, 1.807) is 42.5 Å². The lowest BCUT2D eigenvalue weighted by Gasteiger charge is -2.23. The van der Waals surface area contributed by atoms with Crippen molar-refractivity contribution in [3.05, 3.63) is 71.8 Å². The van der Waals surface area contributed by atoms with Crippen molar-refractivity contribution < 1.29 is 29.4 Å². The molecule has 10 nitrogen and oxygen atoms in total. The van der Waals surface area contributed by atoms with E-state index in [1.165, 1.54) is 0 Å². The van der Waals surface area contributed by atoms with Gasteiger partial charge < -0.3 is 31.9 Å². The summed E-state index contributed by atoms with van der Waals surface area (Å²) in [6, 6.07) is 13.1. The lowest BCUT2D eigenvalue weighted by atomic mass is 10.1. The van der Waals surface area contributed by atoms with Crippen molar-refractivity contribution in [3.63, 3.8) is 0 Å². The zero-order valence-corrected chi connectivity index (χ0v) is 19.9. The Hall–Kier alpha value is -3.41. The van der Waals surface area contributed by atoms with E-state index in [0.29, 0.717) is 5.56 Å². The molecule has 4 atom stereocenters. The van der Waals surface area contributed by atoms with Gasteiger partial charge in [-0.05, 0) is 17.5 Å². The number of rotatable bonds is 13. The van der Waals surface area contributed by atoms with Crippen LogP contribution < -0.4 is 21.7 Å². The van der Waals surface area contributed by atoms with Gasteiger partial charge in [-0.3, -0.25) is 14.4 Å². The Bertz CT molecular complexity index is 992. The van der Waals surface area contributed by atoms with Gasteiger partial charge in [0.15, 0.2) is 0 Å². The van der Waals surface area contributed by atoms with Crippen molar-refractivity contribution in [2.75, 3.05) is 12.4 Å². The molecule has 0 bridgehead atoms. The van der Waals surface area contributed by atoms with Gasteiger partial charge in [-0.25, -0.2) is 4.79 Å². The number of amides is 3. The van der Waals surface area contributed by atoms with E-state index in [1.807, 2.05) is 18.2 Å². The number of carbonyl (C=O) groups is 4. The van der Waals surface area contributed by atoms with Gasteiger partial charge in [0.2, 0.25) is 17.7 Å². The number of aliphatic hydroxyl groups excluding tert-OH is 1. The van der Waals surface area contributed by atoms with Gasteiger partial charge in [0.25, 0.3) is 0 Å². The predicted octanol–water partition coefficient (Wildman–Crippen LogP) is -0.740. The second kappa shape index (κ2) is 14.1. The number of nitrogens with one attached hydrogen (secondary N) is 3. The van der Waals surface area contributed by atoms with Crippen LogP contribution in [0.4, 0.5) is 0 Å². The fourth-order valence-corrected chi connectivity index (χ4v) is 3.48. The smallest absolute Gasteiger partial charge is 0.326 e. The molecular formula is C24H30N4O6S. The van der Waals surface area contributed by atoms with Gasteiger partial charge in [0, 0.05) is 12.2 Å². The van der Waals surface area contributed by atoms with Crippen LogP contribution in [-0.2, 0) is 32.0 Å². The Labute approximate surface area is 208 Å². The van der Waals surface area contributed by atoms with E-state index < -0.39 is 54.5 Å². The highest BCUT2D eigenvalue weighted by Crippen LogP contribution is 2.05. The third-order valence-electron chi connectivity index (χ3n) is 5.16. The highest BCUT2D eigenvalue weighted by atomic mass is 32.1. The Balaban J connectivity index is 1.95. The number of benzene rings is 2. The van der Waals surface area contributed by atoms with Crippen LogP contribution in [0.5, 0.6) is 0 Å². The number of carboxylic acids is 1. The average molecular weight is 503 g/mol. The van der Waals surface area contributed by atoms with Gasteiger partial charge in [-0.15, -0.1) is 0 Å². The molecule has 188 valence electrons. The van der Waals surface area contributed by atoms with Crippen LogP contribution >= 0.6 is 12.6 Å². The molecule has 0 saturated carbocycles. The molecule has 0 aliphatic carbocycles. The van der Waals surface area contributed by atoms with Crippen LogP contribution in [0.25, 0.3) is 0 Å². The maximum atomic E-state index is 12.7. The second-order valence-electron chi connectivity index (χ2n) is 7.87. The third kappa shape index (κ3) is 9.04. The fourth-order valence-electron chi connectivity index (χ4n) is 3.22. The van der Waals surface area contributed by atoms with E-state index in [0.717, 1.165) is 5.56 Å². The van der Waals surface area contributed by atoms with Crippen molar-refractivity contribution in [1.82, 2.24) is 16.0 Å². The van der Waals surface area contributed by atoms with Crippen LogP contribution in [-0.4, -0.2) is 70.4 Å². The minimum absolute atomic E-state index is 0.0454. The monoisotopic (exact) mass is 502 g/mol. The SMILES string of the molecule is NC(Cc1ccccc1)C(=O)NC(CO)C(=O)NC(CS)C(=O)NC(Cc1ccccc1)C(=O)O. The van der Waals surface area contributed by atoms with Crippen molar-refractivity contribution in [1.29, 1.82) is 0 Å². The van der Waals surface area contributed by atoms with Crippen molar-refractivity contribution in [3.8, 4) is 0 Å². The zero-order valence-electron chi connectivity index (χ0n) is 19.0. The normalized spacial score (nSPS) is 14.1. The van der Waals surface area contributed by atoms with E-state index in [-0.39, 0.29) is 18.6 Å². The van der Waals surface area contributed by atoms with Crippen molar-refractivity contribution >= 4 is 36.3 Å². The summed E-state index contributed by atoms with van der Waals surface area (Å²) in [5.74, 6) is -3.63. The maximum absolute atomic E-state index is 12.7. The number of hydrogen-bond acceptors (Lipinski definition) is 7. The summed E-state index contributed by atoms with van der Waals surface area (Å²) in [5.41, 5.74) is 7.46. The van der Waals surface area contributed by atoms with Crippen molar-refractivity contribution in [2.45, 2.75) is 37.0 Å². The molecule has 2 aromatic rings. The lowest BCUT2D eigenvalue weighted by molar-refractivity contribution is -0.142. The number of thiol groups is 1. The summed E-state index contributed by atoms with van der Waals surface area (Å²) in [4.78, 5) is 49.3. The van der Waals surface area contributed by atoms with E-state index in [9.17, 15) is 29.4 Å². The van der Waals surface area contributed by atoms with Crippen LogP contribution in [0.1, 0.15) is 11.1 Å². The average Bonchev–Trinajstić information content (AvgIpc) is 2.86. The van der Waals surface area contributed by atoms with E-state index in [2.05, 4.69) is 28.6 Å². The Kier molecular flexibility index (Phi) is 11.2. The predicted molar refractivity (Wildman–Crippen MR) is 133 cm³/mol. The Morgan fingerprint density at radius 2 is 1.20 bits per heavy atom. The first-order valence-electron chi connectivity index (χ1n) is 10.9. The second-order valence-corrected chi connectivity index (χ2v) is 8.24. The van der Waals surface area contributed by atoms with E-state index >= 15 is 0 Å². The molecule has 2 aromatic carbocycles. The molecule has 0 heterocycles. The maximum Gasteiger partial charge on any atom is 0.326 e. The molecule has 0 spiro atoms. The first kappa shape index (κ1) is 27.8. The van der Waals surface area contributed by atoms with Crippen LogP contribution in [0, 0.1) is 0 Å². The topological polar surface area (TPSA) is 171 Å². The molecule has 11 heteroatoms. The molecule has 0 aliphatic rings. The molecule has 35 heavy (non-hydrogen) atoms. The summed E-state index contributed by atoms with van der Waals surface area (Å²) in [5, 5.41) is 26.2. The minimum atomic E-state index is -1.36. The minimum Gasteiger partial charge on any atom is -0.480 e. The number of carboxylic acid groups (broad SMARTS) is 1. The van der Waals surface area contributed by atoms with Crippen LogP contribution in [0.15, 0.2) is 60.7 Å². The summed E-state index contributed by atoms with van der Waals surface area (Å²) < 4.78 is 0. The number of carbonyl (C=O) groups excluding carboxylic acids is 3. The zero-order chi connectivity index (χ0) is 25.8. The highest BCUT2D eigenvalue weighted by Gasteiger charge is 2.29. The van der Waals surface area contributed by atoms with Gasteiger partial charge in [-0.2, -0.15) is 12.6 Å². The lowest BCUT2D eigenvalue weighted by Crippen LogP contribution is -2.58. The molecule has 0 fully saturated rings. The molecule has 4 unspecified atom stereocenters. The van der Waals surface area contributed by atoms with E-state index in [4.69, 9.17) is 5.73 Å². The van der Waals surface area contributed by atoms with Gasteiger partial charge >= 0.3 is 5.97 Å². The summed E-state index contributed by atoms with van der Waals surface area (Å²) >= 11 is 4.07. The fraction of sp³-hybridized carbons (Fsp3) is 0.333. The number of nitrogens with two attached hydrogens (primary N) is 1. The van der Waals surface area contributed by atoms with Gasteiger partial charge in [0.05, 0.1) is 12.6 Å². The molecule has 0 radical (unpaired) electrons. The highest BCUT2D eigenvalue weighted by molar-refractivity contribution is 7.80. The number of aliphatic hydroxyl groups is 1. The van der Waals surface area contributed by atoms with Crippen LogP contribution in [0.3, 0.4) is 0 Å². The Morgan fingerprint density at radius 1 is 0.743 bits per heavy atom. The molecule has 0 aromatic heterocycles. The largest absolute Gasteiger partial charge is 0.480 e. The first-order valence-corrected chi connectivity index (χ1v) is 11.6. The van der Waals surface area contributed by atoms with Gasteiger partial charge in [-0.1, -0.05) is 60.7 Å². The molecular weight excluding hydrogens is 472 g/mol. The molecule has 3 amide bonds. The standard InChI is InChI=1S/C24H30N4O6S/c25-17(11-15-7-3-1-4-8-15)21(30)27-19(13-29)22(31)28-20(14-35)23(32)26-18(24(33)34)12-16-9-5-2-6-10-16/h1-10,17-20,29,35H,11-14,25H2,(H,26,32)(H,27,30)(H,28,31)(H,33,34). The number of aliphatic carboxylic acids is 1. The summed E-state index contributed by atoms with van der Waals surface area (Å²) in [6.07, 6.45) is 0.274. The number of hydrogen-bond donors (Lipinski definition) is 7. The summed E-state index contributed by atoms with van der Waals surface area (Å²) in [6.45, 7) is -0.734. The molecule has 0 aliphatic heterocycles. The van der Waals surface area contributed by atoms with Crippen LogP contribution in [0.2, 0.25) is 0 Å². The van der Waals surface area contributed by atoms with Gasteiger partial charge in [0.1, 0.15) is 18.1 Å². The third-order valence-corrected chi connectivity index (χ3v) is 5.53. The quantitative estimate of drug-likeness (QED) is 0.177. The Morgan fingerprint density at radius 3 is 1.69 bits per heavy atom. The molecule has 7 N–H and O–H groups in total. The first-order chi connectivity index (χ1) is 16.7. The molecule has 0 saturated heterocycles.